The Morgan fingerprint density at radius 3 is 2.29 bits per heavy atom. The van der Waals surface area contributed by atoms with Gasteiger partial charge >= 0.3 is 5.97 Å². The molecule has 1 aromatic carbocycles. The van der Waals surface area contributed by atoms with E-state index in [-0.39, 0.29) is 18.4 Å². The first-order valence-electron chi connectivity index (χ1n) is 7.46. The minimum atomic E-state index is -0.412. The van der Waals surface area contributed by atoms with Gasteiger partial charge in [-0.3, -0.25) is 9.59 Å². The number of hydrogen-bond donors (Lipinski definition) is 1. The number of carbonyl (C=O) groups is 2. The van der Waals surface area contributed by atoms with E-state index in [9.17, 15) is 9.59 Å². The number of amides is 1. The molecular formula is C17H25NO3. The molecular weight excluding hydrogens is 266 g/mol. The minimum absolute atomic E-state index is 0.0809. The standard InChI is InChI=1S/C17H25NO3/c1-5-21-16(19)11-18-17(20)13(4)15-8-6-14(7-9-15)10-12(2)3/h6-9,12-13H,5,10-11H2,1-4H3,(H,18,20). The SMILES string of the molecule is CCOC(=O)CNC(=O)C(C)c1ccc(CC(C)C)cc1. The molecule has 1 amide bonds. The van der Waals surface area contributed by atoms with Crippen molar-refractivity contribution in [3.63, 3.8) is 0 Å². The highest BCUT2D eigenvalue weighted by molar-refractivity contribution is 5.86. The van der Waals surface area contributed by atoms with Gasteiger partial charge in [0.05, 0.1) is 12.5 Å². The Hall–Kier alpha value is -1.84. The fourth-order valence-electron chi connectivity index (χ4n) is 2.09. The van der Waals surface area contributed by atoms with Crippen LogP contribution in [0.1, 0.15) is 44.7 Å². The Kier molecular flexibility index (Phi) is 6.92. The maximum absolute atomic E-state index is 12.0. The van der Waals surface area contributed by atoms with Crippen molar-refractivity contribution < 1.29 is 14.3 Å². The average molecular weight is 291 g/mol. The normalized spacial score (nSPS) is 12.0. The summed E-state index contributed by atoms with van der Waals surface area (Å²) in [5.41, 5.74) is 2.22. The number of esters is 1. The maximum Gasteiger partial charge on any atom is 0.325 e. The van der Waals surface area contributed by atoms with E-state index in [0.717, 1.165) is 12.0 Å². The van der Waals surface area contributed by atoms with E-state index < -0.39 is 5.97 Å². The van der Waals surface area contributed by atoms with Crippen molar-refractivity contribution in [2.45, 2.75) is 40.0 Å². The Labute approximate surface area is 126 Å². The zero-order chi connectivity index (χ0) is 15.8. The van der Waals surface area contributed by atoms with E-state index >= 15 is 0 Å². The molecule has 116 valence electrons. The molecule has 0 fully saturated rings. The quantitative estimate of drug-likeness (QED) is 0.786. The molecule has 0 bridgehead atoms. The molecule has 4 nitrogen and oxygen atoms in total. The predicted octanol–water partition coefficient (Wildman–Crippen LogP) is 2.67. The van der Waals surface area contributed by atoms with Crippen LogP contribution in [-0.2, 0) is 20.7 Å². The molecule has 21 heavy (non-hydrogen) atoms. The third-order valence-electron chi connectivity index (χ3n) is 3.23. The fraction of sp³-hybridized carbons (Fsp3) is 0.529. The molecule has 0 saturated heterocycles. The van der Waals surface area contributed by atoms with Crippen LogP contribution in [0.4, 0.5) is 0 Å². The summed E-state index contributed by atoms with van der Waals surface area (Å²) in [5, 5.41) is 2.60. The third-order valence-corrected chi connectivity index (χ3v) is 3.23. The van der Waals surface area contributed by atoms with Gasteiger partial charge in [0.1, 0.15) is 6.54 Å². The number of ether oxygens (including phenoxy) is 1. The largest absolute Gasteiger partial charge is 0.465 e. The molecule has 0 aromatic heterocycles. The van der Waals surface area contributed by atoms with Crippen LogP contribution in [-0.4, -0.2) is 25.0 Å². The molecule has 4 heteroatoms. The summed E-state index contributed by atoms with van der Waals surface area (Å²) in [4.78, 5) is 23.2. The summed E-state index contributed by atoms with van der Waals surface area (Å²) < 4.78 is 4.78. The third kappa shape index (κ3) is 5.98. The molecule has 0 aliphatic carbocycles. The Balaban J connectivity index is 2.55. The van der Waals surface area contributed by atoms with Crippen molar-refractivity contribution in [1.82, 2.24) is 5.32 Å². The Bertz CT molecular complexity index is 465. The first-order valence-corrected chi connectivity index (χ1v) is 7.46. The van der Waals surface area contributed by atoms with Gasteiger partial charge in [0.15, 0.2) is 0 Å². The van der Waals surface area contributed by atoms with Gasteiger partial charge in [-0.05, 0) is 37.3 Å². The van der Waals surface area contributed by atoms with Gasteiger partial charge in [0, 0.05) is 0 Å². The molecule has 1 atom stereocenters. The lowest BCUT2D eigenvalue weighted by atomic mass is 9.96. The van der Waals surface area contributed by atoms with Crippen LogP contribution in [0.15, 0.2) is 24.3 Å². The second kappa shape index (κ2) is 8.45. The molecule has 1 N–H and O–H groups in total. The number of hydrogen-bond acceptors (Lipinski definition) is 3. The highest BCUT2D eigenvalue weighted by Gasteiger charge is 2.16. The zero-order valence-corrected chi connectivity index (χ0v) is 13.3. The fourth-order valence-corrected chi connectivity index (χ4v) is 2.09. The summed E-state index contributed by atoms with van der Waals surface area (Å²) in [5.74, 6) is -0.251. The lowest BCUT2D eigenvalue weighted by molar-refractivity contribution is -0.143. The van der Waals surface area contributed by atoms with Gasteiger partial charge in [-0.1, -0.05) is 38.1 Å². The van der Waals surface area contributed by atoms with Crippen molar-refractivity contribution in [1.29, 1.82) is 0 Å². The number of benzene rings is 1. The zero-order valence-electron chi connectivity index (χ0n) is 13.3. The van der Waals surface area contributed by atoms with Crippen LogP contribution in [0.3, 0.4) is 0 Å². The van der Waals surface area contributed by atoms with Crippen LogP contribution in [0.2, 0.25) is 0 Å². The van der Waals surface area contributed by atoms with Crippen molar-refractivity contribution >= 4 is 11.9 Å². The summed E-state index contributed by atoms with van der Waals surface area (Å²) in [6, 6.07) is 8.08. The van der Waals surface area contributed by atoms with E-state index in [1.165, 1.54) is 5.56 Å². The highest BCUT2D eigenvalue weighted by atomic mass is 16.5. The monoisotopic (exact) mass is 291 g/mol. The summed E-state index contributed by atoms with van der Waals surface area (Å²) >= 11 is 0. The van der Waals surface area contributed by atoms with Crippen LogP contribution >= 0.6 is 0 Å². The topological polar surface area (TPSA) is 55.4 Å². The lowest BCUT2D eigenvalue weighted by Crippen LogP contribution is -2.33. The number of rotatable bonds is 7. The summed E-state index contributed by atoms with van der Waals surface area (Å²) in [7, 11) is 0. The van der Waals surface area contributed by atoms with Crippen molar-refractivity contribution in [3.8, 4) is 0 Å². The van der Waals surface area contributed by atoms with Crippen molar-refractivity contribution in [2.75, 3.05) is 13.2 Å². The number of nitrogens with one attached hydrogen (secondary N) is 1. The highest BCUT2D eigenvalue weighted by Crippen LogP contribution is 2.17. The van der Waals surface area contributed by atoms with Crippen LogP contribution < -0.4 is 5.32 Å². The minimum Gasteiger partial charge on any atom is -0.465 e. The van der Waals surface area contributed by atoms with Crippen LogP contribution in [0.25, 0.3) is 0 Å². The molecule has 0 aliphatic heterocycles. The summed E-state index contributed by atoms with van der Waals surface area (Å²) in [6.07, 6.45) is 1.03. The van der Waals surface area contributed by atoms with Gasteiger partial charge < -0.3 is 10.1 Å². The first-order chi connectivity index (χ1) is 9.93. The van der Waals surface area contributed by atoms with E-state index in [2.05, 4.69) is 31.3 Å². The van der Waals surface area contributed by atoms with E-state index in [1.54, 1.807) is 6.92 Å². The van der Waals surface area contributed by atoms with E-state index in [1.807, 2.05) is 19.1 Å². The van der Waals surface area contributed by atoms with Crippen molar-refractivity contribution in [3.05, 3.63) is 35.4 Å². The molecule has 0 spiro atoms. The summed E-state index contributed by atoms with van der Waals surface area (Å²) in [6.45, 7) is 8.17. The number of carbonyl (C=O) groups excluding carboxylic acids is 2. The molecule has 1 aromatic rings. The maximum atomic E-state index is 12.0. The van der Waals surface area contributed by atoms with Gasteiger partial charge in [0.2, 0.25) is 5.91 Å². The van der Waals surface area contributed by atoms with Crippen LogP contribution in [0, 0.1) is 5.92 Å². The Morgan fingerprint density at radius 1 is 1.14 bits per heavy atom. The van der Waals surface area contributed by atoms with Gasteiger partial charge in [-0.25, -0.2) is 0 Å². The smallest absolute Gasteiger partial charge is 0.325 e. The van der Waals surface area contributed by atoms with E-state index in [0.29, 0.717) is 12.5 Å². The molecule has 0 radical (unpaired) electrons. The second-order valence-electron chi connectivity index (χ2n) is 5.58. The predicted molar refractivity (Wildman–Crippen MR) is 83.0 cm³/mol. The lowest BCUT2D eigenvalue weighted by Gasteiger charge is -2.13. The molecule has 0 heterocycles. The first kappa shape index (κ1) is 17.2. The van der Waals surface area contributed by atoms with Gasteiger partial charge in [0.25, 0.3) is 0 Å². The van der Waals surface area contributed by atoms with Crippen LogP contribution in [0.5, 0.6) is 0 Å². The Morgan fingerprint density at radius 2 is 1.76 bits per heavy atom. The van der Waals surface area contributed by atoms with Gasteiger partial charge in [-0.2, -0.15) is 0 Å². The molecule has 1 unspecified atom stereocenters. The molecule has 0 saturated carbocycles. The molecule has 1 rings (SSSR count). The van der Waals surface area contributed by atoms with Gasteiger partial charge in [-0.15, -0.1) is 0 Å². The average Bonchev–Trinajstić information content (AvgIpc) is 2.44. The molecule has 0 aliphatic rings. The second-order valence-corrected chi connectivity index (χ2v) is 5.58. The van der Waals surface area contributed by atoms with Crippen molar-refractivity contribution in [2.24, 2.45) is 5.92 Å². The van der Waals surface area contributed by atoms with E-state index in [4.69, 9.17) is 4.74 Å².